The van der Waals surface area contributed by atoms with E-state index in [1.807, 2.05) is 25.7 Å². The molecule has 116 valence electrons. The minimum absolute atomic E-state index is 0.00389. The van der Waals surface area contributed by atoms with Crippen LogP contribution in [0, 0.1) is 0 Å². The summed E-state index contributed by atoms with van der Waals surface area (Å²) in [6.45, 7) is 8.06. The van der Waals surface area contributed by atoms with Crippen molar-refractivity contribution in [1.82, 2.24) is 10.2 Å². The minimum atomic E-state index is -0.0566. The maximum Gasteiger partial charge on any atom is 0.234 e. The number of carbonyl (C=O) groups is 2. The molecule has 0 radical (unpaired) electrons. The molecule has 0 saturated heterocycles. The fourth-order valence-corrected chi connectivity index (χ4v) is 1.93. The van der Waals surface area contributed by atoms with Crippen LogP contribution in [0.1, 0.15) is 31.1 Å². The lowest BCUT2D eigenvalue weighted by Gasteiger charge is -2.18. The molecule has 0 aliphatic carbocycles. The highest BCUT2D eigenvalue weighted by Gasteiger charge is 2.14. The van der Waals surface area contributed by atoms with E-state index in [4.69, 9.17) is 4.74 Å². The second kappa shape index (κ2) is 9.13. The third-order valence-electron chi connectivity index (χ3n) is 3.04. The van der Waals surface area contributed by atoms with Crippen LogP contribution in [0.5, 0.6) is 5.75 Å². The van der Waals surface area contributed by atoms with Gasteiger partial charge in [0, 0.05) is 12.1 Å². The molecule has 0 spiro atoms. The fourth-order valence-electron chi connectivity index (χ4n) is 1.93. The Balaban J connectivity index is 2.59. The van der Waals surface area contributed by atoms with Gasteiger partial charge in [0.1, 0.15) is 5.75 Å². The van der Waals surface area contributed by atoms with Crippen molar-refractivity contribution in [1.29, 1.82) is 0 Å². The van der Waals surface area contributed by atoms with Gasteiger partial charge in [0.05, 0.1) is 19.7 Å². The average Bonchev–Trinajstić information content (AvgIpc) is 2.47. The van der Waals surface area contributed by atoms with Gasteiger partial charge in [0.2, 0.25) is 5.91 Å². The van der Waals surface area contributed by atoms with Crippen LogP contribution in [0.25, 0.3) is 0 Å². The molecule has 1 aromatic carbocycles. The van der Waals surface area contributed by atoms with E-state index >= 15 is 0 Å². The molecule has 5 heteroatoms. The SMILES string of the molecule is CCNC(=O)CN(CC)CC(=O)c1ccc(OCC)cc1. The lowest BCUT2D eigenvalue weighted by atomic mass is 10.1. The normalized spacial score (nSPS) is 10.5. The maximum atomic E-state index is 12.2. The summed E-state index contributed by atoms with van der Waals surface area (Å²) < 4.78 is 5.35. The van der Waals surface area contributed by atoms with Crippen LogP contribution in [0.2, 0.25) is 0 Å². The van der Waals surface area contributed by atoms with Gasteiger partial charge in [-0.15, -0.1) is 0 Å². The Bertz CT molecular complexity index is 457. The highest BCUT2D eigenvalue weighted by atomic mass is 16.5. The van der Waals surface area contributed by atoms with Gasteiger partial charge in [0.25, 0.3) is 0 Å². The summed E-state index contributed by atoms with van der Waals surface area (Å²) in [6, 6.07) is 7.09. The Morgan fingerprint density at radius 1 is 1.10 bits per heavy atom. The van der Waals surface area contributed by atoms with E-state index in [2.05, 4.69) is 5.32 Å². The van der Waals surface area contributed by atoms with Crippen LogP contribution < -0.4 is 10.1 Å². The highest BCUT2D eigenvalue weighted by molar-refractivity contribution is 5.98. The van der Waals surface area contributed by atoms with Crippen LogP contribution in [0.15, 0.2) is 24.3 Å². The van der Waals surface area contributed by atoms with Crippen molar-refractivity contribution in [2.75, 3.05) is 32.8 Å². The molecular formula is C16H24N2O3. The number of ketones is 1. The van der Waals surface area contributed by atoms with Gasteiger partial charge >= 0.3 is 0 Å². The number of likely N-dealkylation sites (N-methyl/N-ethyl adjacent to an activating group) is 2. The van der Waals surface area contributed by atoms with Gasteiger partial charge < -0.3 is 10.1 Å². The maximum absolute atomic E-state index is 12.2. The van der Waals surface area contributed by atoms with E-state index in [0.29, 0.717) is 25.3 Å². The molecular weight excluding hydrogens is 268 g/mol. The van der Waals surface area contributed by atoms with Crippen molar-refractivity contribution in [2.45, 2.75) is 20.8 Å². The number of ether oxygens (including phenoxy) is 1. The molecule has 0 aromatic heterocycles. The lowest BCUT2D eigenvalue weighted by molar-refractivity contribution is -0.121. The Morgan fingerprint density at radius 2 is 1.76 bits per heavy atom. The zero-order valence-corrected chi connectivity index (χ0v) is 13.0. The van der Waals surface area contributed by atoms with Gasteiger partial charge in [-0.2, -0.15) is 0 Å². The number of hydrogen-bond donors (Lipinski definition) is 1. The van der Waals surface area contributed by atoms with E-state index < -0.39 is 0 Å². The number of nitrogens with one attached hydrogen (secondary N) is 1. The average molecular weight is 292 g/mol. The number of carbonyl (C=O) groups excluding carboxylic acids is 2. The Morgan fingerprint density at radius 3 is 2.29 bits per heavy atom. The van der Waals surface area contributed by atoms with E-state index in [-0.39, 0.29) is 24.8 Å². The molecule has 0 saturated carbocycles. The standard InChI is InChI=1S/C16H24N2O3/c1-4-17-16(20)12-18(5-2)11-15(19)13-7-9-14(10-8-13)21-6-3/h7-10H,4-6,11-12H2,1-3H3,(H,17,20). The van der Waals surface area contributed by atoms with E-state index in [9.17, 15) is 9.59 Å². The van der Waals surface area contributed by atoms with Crippen molar-refractivity contribution in [2.24, 2.45) is 0 Å². The first-order chi connectivity index (χ1) is 10.1. The molecule has 1 N–H and O–H groups in total. The monoisotopic (exact) mass is 292 g/mol. The van der Waals surface area contributed by atoms with Crippen LogP contribution >= 0.6 is 0 Å². The summed E-state index contributed by atoms with van der Waals surface area (Å²) in [4.78, 5) is 25.6. The van der Waals surface area contributed by atoms with Gasteiger partial charge in [0.15, 0.2) is 5.78 Å². The summed E-state index contributed by atoms with van der Waals surface area (Å²) >= 11 is 0. The molecule has 1 aromatic rings. The largest absolute Gasteiger partial charge is 0.494 e. The van der Waals surface area contributed by atoms with Crippen molar-refractivity contribution in [3.63, 3.8) is 0 Å². The Kier molecular flexibility index (Phi) is 7.46. The van der Waals surface area contributed by atoms with E-state index in [0.717, 1.165) is 5.75 Å². The minimum Gasteiger partial charge on any atom is -0.494 e. The fraction of sp³-hybridized carbons (Fsp3) is 0.500. The molecule has 1 amide bonds. The second-order valence-corrected chi connectivity index (χ2v) is 4.64. The molecule has 21 heavy (non-hydrogen) atoms. The van der Waals surface area contributed by atoms with Gasteiger partial charge in [-0.3, -0.25) is 14.5 Å². The summed E-state index contributed by atoms with van der Waals surface area (Å²) in [6.07, 6.45) is 0. The molecule has 0 bridgehead atoms. The summed E-state index contributed by atoms with van der Waals surface area (Å²) in [5, 5.41) is 2.74. The van der Waals surface area contributed by atoms with E-state index in [1.165, 1.54) is 0 Å². The smallest absolute Gasteiger partial charge is 0.234 e. The third kappa shape index (κ3) is 5.95. The molecule has 0 aliphatic heterocycles. The van der Waals surface area contributed by atoms with Gasteiger partial charge in [-0.25, -0.2) is 0 Å². The first-order valence-electron chi connectivity index (χ1n) is 7.35. The van der Waals surface area contributed by atoms with E-state index in [1.54, 1.807) is 24.3 Å². The lowest BCUT2D eigenvalue weighted by Crippen LogP contribution is -2.39. The number of Topliss-reactive ketones (excluding diaryl/α,β-unsaturated/α-hetero) is 1. The van der Waals surface area contributed by atoms with Crippen LogP contribution in [-0.2, 0) is 4.79 Å². The summed E-state index contributed by atoms with van der Waals surface area (Å²) in [5.74, 6) is 0.701. The van der Waals surface area contributed by atoms with Gasteiger partial charge in [-0.1, -0.05) is 6.92 Å². The molecule has 0 fully saturated rings. The van der Waals surface area contributed by atoms with Crippen molar-refractivity contribution < 1.29 is 14.3 Å². The topological polar surface area (TPSA) is 58.6 Å². The van der Waals surface area contributed by atoms with Crippen LogP contribution in [-0.4, -0.2) is 49.4 Å². The molecule has 0 unspecified atom stereocenters. The number of rotatable bonds is 9. The van der Waals surface area contributed by atoms with Gasteiger partial charge in [-0.05, 0) is 44.7 Å². The first-order valence-corrected chi connectivity index (χ1v) is 7.35. The Hall–Kier alpha value is -1.88. The molecule has 1 rings (SSSR count). The van der Waals surface area contributed by atoms with Crippen LogP contribution in [0.4, 0.5) is 0 Å². The highest BCUT2D eigenvalue weighted by Crippen LogP contribution is 2.12. The predicted octanol–water partition coefficient (Wildman–Crippen LogP) is 1.73. The number of hydrogen-bond acceptors (Lipinski definition) is 4. The Labute approximate surface area is 126 Å². The summed E-state index contributed by atoms with van der Waals surface area (Å²) in [5.41, 5.74) is 0.632. The third-order valence-corrected chi connectivity index (χ3v) is 3.04. The van der Waals surface area contributed by atoms with Crippen molar-refractivity contribution in [3.05, 3.63) is 29.8 Å². The van der Waals surface area contributed by atoms with Crippen LogP contribution in [0.3, 0.4) is 0 Å². The second-order valence-electron chi connectivity index (χ2n) is 4.64. The zero-order valence-electron chi connectivity index (χ0n) is 13.0. The first kappa shape index (κ1) is 17.2. The molecule has 5 nitrogen and oxygen atoms in total. The van der Waals surface area contributed by atoms with Crippen molar-refractivity contribution >= 4 is 11.7 Å². The molecule has 0 atom stereocenters. The molecule has 0 aliphatic rings. The predicted molar refractivity (Wildman–Crippen MR) is 82.7 cm³/mol. The van der Waals surface area contributed by atoms with Crippen molar-refractivity contribution in [3.8, 4) is 5.75 Å². The number of benzene rings is 1. The zero-order chi connectivity index (χ0) is 15.7. The number of amides is 1. The number of nitrogens with zero attached hydrogens (tertiary/aromatic N) is 1. The molecule has 0 heterocycles. The quantitative estimate of drug-likeness (QED) is 0.704. The summed E-state index contributed by atoms with van der Waals surface area (Å²) in [7, 11) is 0.